The second kappa shape index (κ2) is 6.80. The minimum absolute atomic E-state index is 0.0537. The summed E-state index contributed by atoms with van der Waals surface area (Å²) in [5.41, 5.74) is 0.256. The summed E-state index contributed by atoms with van der Waals surface area (Å²) in [6.07, 6.45) is 3.02. The van der Waals surface area contributed by atoms with Crippen LogP contribution < -0.4 is 5.32 Å². The number of nitrogens with one attached hydrogen (secondary N) is 1. The molecule has 0 aliphatic rings. The molecular weight excluding hydrogens is 274 g/mol. The molecule has 0 saturated carbocycles. The van der Waals surface area contributed by atoms with Gasteiger partial charge >= 0.3 is 0 Å². The van der Waals surface area contributed by atoms with Crippen molar-refractivity contribution in [3.05, 3.63) is 16.5 Å². The third kappa shape index (κ3) is 4.34. The molecule has 0 aromatic carbocycles. The van der Waals surface area contributed by atoms with E-state index in [1.807, 2.05) is 6.92 Å². The van der Waals surface area contributed by atoms with Crippen LogP contribution in [0.4, 0.5) is 5.82 Å². The molecule has 1 heterocycles. The first-order valence-corrected chi connectivity index (χ1v) is 7.60. The number of hydrogen-bond donors (Lipinski definition) is 1. The Morgan fingerprint density at radius 2 is 2.17 bits per heavy atom. The number of anilines is 1. The average molecular weight is 290 g/mol. The van der Waals surface area contributed by atoms with E-state index in [-0.39, 0.29) is 16.8 Å². The standard InChI is InChI=1S/C11H16ClN3O2S/c1-7(4-5-18(3)17)13-11-9(6-16)10(12)14-8(2)15-11/h6-7H,4-5H2,1-3H3,(H,13,14,15). The van der Waals surface area contributed by atoms with E-state index in [1.54, 1.807) is 13.2 Å². The molecule has 0 radical (unpaired) electrons. The molecule has 1 rings (SSSR count). The Bertz CT molecular complexity index is 468. The van der Waals surface area contributed by atoms with Crippen LogP contribution in [0, 0.1) is 6.92 Å². The third-order valence-electron chi connectivity index (χ3n) is 2.35. The second-order valence-electron chi connectivity index (χ2n) is 4.05. The molecule has 1 aromatic rings. The number of hydrogen-bond acceptors (Lipinski definition) is 5. The van der Waals surface area contributed by atoms with Crippen molar-refractivity contribution in [2.24, 2.45) is 0 Å². The molecule has 0 amide bonds. The third-order valence-corrected chi connectivity index (χ3v) is 3.45. The lowest BCUT2D eigenvalue weighted by molar-refractivity contribution is 0.112. The Morgan fingerprint density at radius 3 is 2.72 bits per heavy atom. The van der Waals surface area contributed by atoms with E-state index in [1.165, 1.54) is 0 Å². The lowest BCUT2D eigenvalue weighted by atomic mass is 10.2. The zero-order valence-corrected chi connectivity index (χ0v) is 12.1. The molecule has 0 fully saturated rings. The number of carbonyl (C=O) groups is 1. The number of halogens is 1. The summed E-state index contributed by atoms with van der Waals surface area (Å²) >= 11 is 5.87. The number of rotatable bonds is 6. The summed E-state index contributed by atoms with van der Waals surface area (Å²) in [7, 11) is -0.828. The van der Waals surface area contributed by atoms with Crippen LogP contribution in [0.3, 0.4) is 0 Å². The normalized spacial score (nSPS) is 14.0. The van der Waals surface area contributed by atoms with E-state index in [9.17, 15) is 9.00 Å². The van der Waals surface area contributed by atoms with Crippen molar-refractivity contribution < 1.29 is 9.00 Å². The summed E-state index contributed by atoms with van der Waals surface area (Å²) in [4.78, 5) is 19.0. The van der Waals surface area contributed by atoms with Crippen LogP contribution in [0.25, 0.3) is 0 Å². The Hall–Kier alpha value is -1.01. The zero-order valence-electron chi connectivity index (χ0n) is 10.6. The monoisotopic (exact) mass is 289 g/mol. The van der Waals surface area contributed by atoms with Crippen molar-refractivity contribution in [2.75, 3.05) is 17.3 Å². The summed E-state index contributed by atoms with van der Waals surface area (Å²) in [5.74, 6) is 1.53. The zero-order chi connectivity index (χ0) is 13.7. The van der Waals surface area contributed by atoms with Gasteiger partial charge in [0.05, 0.1) is 5.56 Å². The van der Waals surface area contributed by atoms with Gasteiger partial charge in [-0.1, -0.05) is 11.6 Å². The van der Waals surface area contributed by atoms with Gasteiger partial charge in [0, 0.05) is 28.9 Å². The number of aryl methyl sites for hydroxylation is 1. The van der Waals surface area contributed by atoms with Crippen molar-refractivity contribution in [3.8, 4) is 0 Å². The molecule has 0 aliphatic heterocycles. The van der Waals surface area contributed by atoms with Gasteiger partial charge in [-0.15, -0.1) is 0 Å². The van der Waals surface area contributed by atoms with Gasteiger partial charge in [-0.2, -0.15) is 0 Å². The molecule has 1 aromatic heterocycles. The predicted molar refractivity (Wildman–Crippen MR) is 73.8 cm³/mol. The molecule has 0 saturated heterocycles. The first-order valence-electron chi connectivity index (χ1n) is 5.50. The number of nitrogens with zero attached hydrogens (tertiary/aromatic N) is 2. The van der Waals surface area contributed by atoms with E-state index in [2.05, 4.69) is 15.3 Å². The highest BCUT2D eigenvalue weighted by atomic mass is 35.5. The molecule has 0 spiro atoms. The smallest absolute Gasteiger partial charge is 0.156 e. The van der Waals surface area contributed by atoms with Gasteiger partial charge < -0.3 is 5.32 Å². The minimum atomic E-state index is -0.828. The molecule has 2 unspecified atom stereocenters. The predicted octanol–water partition coefficient (Wildman–Crippen LogP) is 1.82. The maximum atomic E-state index is 11.0. The van der Waals surface area contributed by atoms with E-state index in [0.717, 1.165) is 6.42 Å². The molecular formula is C11H16ClN3O2S. The minimum Gasteiger partial charge on any atom is -0.367 e. The Balaban J connectivity index is 2.83. The van der Waals surface area contributed by atoms with Gasteiger partial charge in [0.15, 0.2) is 6.29 Å². The van der Waals surface area contributed by atoms with Crippen LogP contribution in [-0.2, 0) is 10.8 Å². The van der Waals surface area contributed by atoms with Gasteiger partial charge in [-0.25, -0.2) is 9.97 Å². The average Bonchev–Trinajstić information content (AvgIpc) is 2.26. The molecule has 5 nitrogen and oxygen atoms in total. The maximum absolute atomic E-state index is 11.0. The molecule has 0 bridgehead atoms. The molecule has 100 valence electrons. The van der Waals surface area contributed by atoms with Gasteiger partial charge in [0.25, 0.3) is 0 Å². The fourth-order valence-electron chi connectivity index (χ4n) is 1.41. The Labute approximate surface area is 114 Å². The number of aromatic nitrogens is 2. The van der Waals surface area contributed by atoms with Crippen LogP contribution >= 0.6 is 11.6 Å². The second-order valence-corrected chi connectivity index (χ2v) is 5.97. The first-order chi connectivity index (χ1) is 8.43. The fourth-order valence-corrected chi connectivity index (χ4v) is 2.35. The van der Waals surface area contributed by atoms with Crippen LogP contribution in [0.1, 0.15) is 29.5 Å². The molecule has 2 atom stereocenters. The summed E-state index contributed by atoms with van der Waals surface area (Å²) in [6.45, 7) is 3.64. The van der Waals surface area contributed by atoms with E-state index < -0.39 is 10.8 Å². The molecule has 18 heavy (non-hydrogen) atoms. The Morgan fingerprint density at radius 1 is 1.50 bits per heavy atom. The van der Waals surface area contributed by atoms with Crippen LogP contribution in [0.2, 0.25) is 5.15 Å². The number of aldehydes is 1. The molecule has 1 N–H and O–H groups in total. The van der Waals surface area contributed by atoms with Crippen molar-refractivity contribution in [1.29, 1.82) is 0 Å². The van der Waals surface area contributed by atoms with Crippen LogP contribution in [0.5, 0.6) is 0 Å². The van der Waals surface area contributed by atoms with E-state index >= 15 is 0 Å². The van der Waals surface area contributed by atoms with Crippen molar-refractivity contribution in [3.63, 3.8) is 0 Å². The topological polar surface area (TPSA) is 72.0 Å². The summed E-state index contributed by atoms with van der Waals surface area (Å²) in [6, 6.07) is 0.0537. The maximum Gasteiger partial charge on any atom is 0.156 e. The largest absolute Gasteiger partial charge is 0.367 e. The number of carbonyl (C=O) groups excluding carboxylic acids is 1. The van der Waals surface area contributed by atoms with Crippen molar-refractivity contribution >= 4 is 34.5 Å². The van der Waals surface area contributed by atoms with E-state index in [4.69, 9.17) is 11.6 Å². The highest BCUT2D eigenvalue weighted by Crippen LogP contribution is 2.20. The lowest BCUT2D eigenvalue weighted by Crippen LogP contribution is -2.20. The first kappa shape index (κ1) is 15.0. The van der Waals surface area contributed by atoms with Crippen LogP contribution in [-0.4, -0.2) is 38.5 Å². The quantitative estimate of drug-likeness (QED) is 0.639. The van der Waals surface area contributed by atoms with Gasteiger partial charge in [0.1, 0.15) is 16.8 Å². The van der Waals surface area contributed by atoms with Crippen molar-refractivity contribution in [1.82, 2.24) is 9.97 Å². The SMILES string of the molecule is Cc1nc(Cl)c(C=O)c(NC(C)CCS(C)=O)n1. The molecule has 7 heteroatoms. The van der Waals surface area contributed by atoms with Gasteiger partial charge in [0.2, 0.25) is 0 Å². The van der Waals surface area contributed by atoms with Gasteiger partial charge in [-0.05, 0) is 20.3 Å². The fraction of sp³-hybridized carbons (Fsp3) is 0.545. The van der Waals surface area contributed by atoms with Crippen LogP contribution in [0.15, 0.2) is 0 Å². The van der Waals surface area contributed by atoms with Gasteiger partial charge in [-0.3, -0.25) is 9.00 Å². The molecule has 0 aliphatic carbocycles. The summed E-state index contributed by atoms with van der Waals surface area (Å²) in [5, 5.41) is 3.24. The highest BCUT2D eigenvalue weighted by molar-refractivity contribution is 7.84. The highest BCUT2D eigenvalue weighted by Gasteiger charge is 2.13. The summed E-state index contributed by atoms with van der Waals surface area (Å²) < 4.78 is 11.0. The van der Waals surface area contributed by atoms with E-state index in [0.29, 0.717) is 23.7 Å². The lowest BCUT2D eigenvalue weighted by Gasteiger charge is -2.15. The Kier molecular flexibility index (Phi) is 5.68. The van der Waals surface area contributed by atoms with Crippen molar-refractivity contribution in [2.45, 2.75) is 26.3 Å².